The maximum atomic E-state index is 5.74. The van der Waals surface area contributed by atoms with Crippen molar-refractivity contribution in [2.24, 2.45) is 5.84 Å². The SMILES string of the molecule is CCc1nnsc1C(NN)c1ccc2cccnc2c1. The molecule has 0 spiro atoms. The Morgan fingerprint density at radius 3 is 3.05 bits per heavy atom. The number of nitrogens with zero attached hydrogens (tertiary/aromatic N) is 3. The predicted octanol–water partition coefficient (Wildman–Crippen LogP) is 2.20. The molecule has 102 valence electrons. The van der Waals surface area contributed by atoms with Crippen LogP contribution in [0.5, 0.6) is 0 Å². The maximum Gasteiger partial charge on any atom is 0.0838 e. The molecule has 0 fully saturated rings. The number of nitrogens with one attached hydrogen (secondary N) is 1. The summed E-state index contributed by atoms with van der Waals surface area (Å²) in [4.78, 5) is 5.45. The predicted molar refractivity (Wildman–Crippen MR) is 80.2 cm³/mol. The molecule has 0 aliphatic carbocycles. The topological polar surface area (TPSA) is 76.7 Å². The normalized spacial score (nSPS) is 12.7. The largest absolute Gasteiger partial charge is 0.271 e. The van der Waals surface area contributed by atoms with Gasteiger partial charge in [0.2, 0.25) is 0 Å². The second-order valence-electron chi connectivity index (χ2n) is 4.49. The van der Waals surface area contributed by atoms with Crippen molar-refractivity contribution in [2.45, 2.75) is 19.4 Å². The monoisotopic (exact) mass is 285 g/mol. The number of pyridine rings is 1. The number of nitrogens with two attached hydrogens (primary N) is 1. The molecule has 1 atom stereocenters. The van der Waals surface area contributed by atoms with Gasteiger partial charge in [-0.25, -0.2) is 5.43 Å². The summed E-state index contributed by atoms with van der Waals surface area (Å²) in [5, 5.41) is 5.26. The van der Waals surface area contributed by atoms with Crippen LogP contribution in [0.25, 0.3) is 10.9 Å². The molecule has 1 unspecified atom stereocenters. The average Bonchev–Trinajstić information content (AvgIpc) is 2.96. The van der Waals surface area contributed by atoms with Gasteiger partial charge in [-0.15, -0.1) is 5.10 Å². The van der Waals surface area contributed by atoms with Crippen LogP contribution in [0.4, 0.5) is 0 Å². The lowest BCUT2D eigenvalue weighted by Crippen LogP contribution is -2.28. The number of hydrogen-bond acceptors (Lipinski definition) is 6. The van der Waals surface area contributed by atoms with Crippen LogP contribution >= 0.6 is 11.5 Å². The molecule has 0 saturated carbocycles. The molecule has 0 aliphatic rings. The first-order valence-corrected chi connectivity index (χ1v) is 7.22. The fraction of sp³-hybridized carbons (Fsp3) is 0.214. The van der Waals surface area contributed by atoms with Crippen LogP contribution in [0.2, 0.25) is 0 Å². The summed E-state index contributed by atoms with van der Waals surface area (Å²) in [6, 6.07) is 10.1. The van der Waals surface area contributed by atoms with Gasteiger partial charge in [-0.05, 0) is 35.6 Å². The third-order valence-electron chi connectivity index (χ3n) is 3.31. The maximum absolute atomic E-state index is 5.74. The van der Waals surface area contributed by atoms with Crippen LogP contribution in [-0.4, -0.2) is 14.6 Å². The summed E-state index contributed by atoms with van der Waals surface area (Å²) in [7, 11) is 0. The van der Waals surface area contributed by atoms with Gasteiger partial charge >= 0.3 is 0 Å². The first kappa shape index (κ1) is 13.1. The fourth-order valence-corrected chi connectivity index (χ4v) is 3.09. The summed E-state index contributed by atoms with van der Waals surface area (Å²) < 4.78 is 4.03. The summed E-state index contributed by atoms with van der Waals surface area (Å²) in [5.74, 6) is 5.74. The second-order valence-corrected chi connectivity index (χ2v) is 5.28. The van der Waals surface area contributed by atoms with Gasteiger partial charge in [0.25, 0.3) is 0 Å². The Morgan fingerprint density at radius 2 is 2.25 bits per heavy atom. The van der Waals surface area contributed by atoms with Crippen LogP contribution in [0.15, 0.2) is 36.5 Å². The molecular weight excluding hydrogens is 270 g/mol. The molecule has 1 aromatic carbocycles. The van der Waals surface area contributed by atoms with E-state index in [0.717, 1.165) is 33.5 Å². The van der Waals surface area contributed by atoms with Crippen molar-refractivity contribution in [3.8, 4) is 0 Å². The van der Waals surface area contributed by atoms with Crippen molar-refractivity contribution < 1.29 is 0 Å². The number of hydrogen-bond donors (Lipinski definition) is 2. The van der Waals surface area contributed by atoms with E-state index in [4.69, 9.17) is 5.84 Å². The minimum Gasteiger partial charge on any atom is -0.271 e. The molecule has 5 nitrogen and oxygen atoms in total. The van der Waals surface area contributed by atoms with E-state index in [1.165, 1.54) is 11.5 Å². The molecule has 2 heterocycles. The van der Waals surface area contributed by atoms with Gasteiger partial charge in [0.1, 0.15) is 0 Å². The molecule has 20 heavy (non-hydrogen) atoms. The van der Waals surface area contributed by atoms with Crippen molar-refractivity contribution in [2.75, 3.05) is 0 Å². The Hall–Kier alpha value is -1.89. The highest BCUT2D eigenvalue weighted by Crippen LogP contribution is 2.28. The molecule has 0 aliphatic heterocycles. The van der Waals surface area contributed by atoms with E-state index < -0.39 is 0 Å². The van der Waals surface area contributed by atoms with Crippen molar-refractivity contribution in [1.82, 2.24) is 20.0 Å². The van der Waals surface area contributed by atoms with Gasteiger partial charge in [-0.1, -0.05) is 29.6 Å². The van der Waals surface area contributed by atoms with E-state index in [0.29, 0.717) is 0 Å². The lowest BCUT2D eigenvalue weighted by atomic mass is 10.0. The molecule has 3 aromatic rings. The smallest absolute Gasteiger partial charge is 0.0838 e. The van der Waals surface area contributed by atoms with Crippen molar-refractivity contribution in [1.29, 1.82) is 0 Å². The minimum atomic E-state index is -0.101. The highest BCUT2D eigenvalue weighted by molar-refractivity contribution is 7.05. The van der Waals surface area contributed by atoms with Crippen molar-refractivity contribution in [3.63, 3.8) is 0 Å². The Balaban J connectivity index is 2.07. The number of rotatable bonds is 4. The molecule has 2 aromatic heterocycles. The van der Waals surface area contributed by atoms with Gasteiger partial charge in [0, 0.05) is 11.6 Å². The molecule has 0 saturated heterocycles. The molecule has 3 N–H and O–H groups in total. The standard InChI is InChI=1S/C14H15N5S/c1-2-11-14(20-19-18-11)13(17-15)10-6-5-9-4-3-7-16-12(9)8-10/h3-8,13,17H,2,15H2,1H3. The Morgan fingerprint density at radius 1 is 1.35 bits per heavy atom. The summed E-state index contributed by atoms with van der Waals surface area (Å²) in [6.45, 7) is 2.07. The molecule has 6 heteroatoms. The lowest BCUT2D eigenvalue weighted by molar-refractivity contribution is 0.639. The number of benzene rings is 1. The molecule has 0 bridgehead atoms. The first-order valence-electron chi connectivity index (χ1n) is 6.45. The molecule has 0 radical (unpaired) electrons. The van der Waals surface area contributed by atoms with Crippen LogP contribution in [0.1, 0.15) is 29.1 Å². The zero-order valence-corrected chi connectivity index (χ0v) is 11.9. The van der Waals surface area contributed by atoms with Gasteiger partial charge in [0.05, 0.1) is 22.1 Å². The zero-order chi connectivity index (χ0) is 13.9. The minimum absolute atomic E-state index is 0.101. The molecule has 3 rings (SSSR count). The van der Waals surface area contributed by atoms with E-state index in [2.05, 4.69) is 45.1 Å². The van der Waals surface area contributed by atoms with Gasteiger partial charge < -0.3 is 0 Å². The second kappa shape index (κ2) is 5.62. The molecular formula is C14H15N5S. The number of aryl methyl sites for hydroxylation is 1. The van der Waals surface area contributed by atoms with E-state index in [9.17, 15) is 0 Å². The van der Waals surface area contributed by atoms with Crippen LogP contribution in [0, 0.1) is 0 Å². The van der Waals surface area contributed by atoms with Crippen molar-refractivity contribution >= 4 is 22.4 Å². The van der Waals surface area contributed by atoms with Gasteiger partial charge in [-0.3, -0.25) is 10.8 Å². The van der Waals surface area contributed by atoms with Crippen LogP contribution in [-0.2, 0) is 6.42 Å². The number of fused-ring (bicyclic) bond motifs is 1. The zero-order valence-electron chi connectivity index (χ0n) is 11.1. The lowest BCUT2D eigenvalue weighted by Gasteiger charge is -2.15. The van der Waals surface area contributed by atoms with E-state index in [1.807, 2.05) is 12.1 Å². The number of hydrazine groups is 1. The van der Waals surface area contributed by atoms with Gasteiger partial charge in [-0.2, -0.15) is 0 Å². The van der Waals surface area contributed by atoms with Crippen LogP contribution in [0.3, 0.4) is 0 Å². The van der Waals surface area contributed by atoms with E-state index in [1.54, 1.807) is 6.20 Å². The van der Waals surface area contributed by atoms with Crippen LogP contribution < -0.4 is 11.3 Å². The van der Waals surface area contributed by atoms with E-state index >= 15 is 0 Å². The first-order chi connectivity index (χ1) is 9.83. The highest BCUT2D eigenvalue weighted by atomic mass is 32.1. The quantitative estimate of drug-likeness (QED) is 0.567. The average molecular weight is 285 g/mol. The Kier molecular flexibility index (Phi) is 3.68. The Labute approximate surface area is 121 Å². The number of aromatic nitrogens is 3. The Bertz CT molecular complexity index is 724. The third kappa shape index (κ3) is 2.29. The fourth-order valence-electron chi connectivity index (χ4n) is 2.27. The third-order valence-corrected chi connectivity index (χ3v) is 4.14. The van der Waals surface area contributed by atoms with E-state index in [-0.39, 0.29) is 6.04 Å². The summed E-state index contributed by atoms with van der Waals surface area (Å²) in [5.41, 5.74) is 5.88. The summed E-state index contributed by atoms with van der Waals surface area (Å²) >= 11 is 1.38. The highest BCUT2D eigenvalue weighted by Gasteiger charge is 2.19. The van der Waals surface area contributed by atoms with Gasteiger partial charge in [0.15, 0.2) is 0 Å². The summed E-state index contributed by atoms with van der Waals surface area (Å²) in [6.07, 6.45) is 2.64. The molecule has 0 amide bonds. The van der Waals surface area contributed by atoms with Crippen molar-refractivity contribution in [3.05, 3.63) is 52.7 Å².